The molecular formula is C20H25FIN5O2. The van der Waals surface area contributed by atoms with Crippen molar-refractivity contribution in [1.82, 2.24) is 20.9 Å². The summed E-state index contributed by atoms with van der Waals surface area (Å²) in [4.78, 5) is 19.4. The first-order valence-corrected chi connectivity index (χ1v) is 9.26. The monoisotopic (exact) mass is 513 g/mol. The lowest BCUT2D eigenvalue weighted by Gasteiger charge is -2.11. The minimum absolute atomic E-state index is 0. The molecule has 0 saturated heterocycles. The molecule has 0 fully saturated rings. The van der Waals surface area contributed by atoms with Gasteiger partial charge in [-0.2, -0.15) is 0 Å². The first kappa shape index (κ1) is 22.7. The zero-order valence-corrected chi connectivity index (χ0v) is 18.5. The highest BCUT2D eigenvalue weighted by molar-refractivity contribution is 14.0. The van der Waals surface area contributed by atoms with Gasteiger partial charge in [0.15, 0.2) is 11.7 Å². The predicted octanol–water partition coefficient (Wildman–Crippen LogP) is 3.05. The number of fused-ring (bicyclic) bond motifs is 1. The Kier molecular flexibility index (Phi) is 8.97. The van der Waals surface area contributed by atoms with Gasteiger partial charge in [-0.05, 0) is 49.2 Å². The number of hydrogen-bond donors (Lipinski definition) is 4. The maximum absolute atomic E-state index is 13.3. The van der Waals surface area contributed by atoms with Gasteiger partial charge in [-0.1, -0.05) is 0 Å². The van der Waals surface area contributed by atoms with Crippen LogP contribution in [0.1, 0.15) is 23.0 Å². The quantitative estimate of drug-likeness (QED) is 0.161. The van der Waals surface area contributed by atoms with E-state index in [0.29, 0.717) is 31.4 Å². The lowest BCUT2D eigenvalue weighted by Crippen LogP contribution is -2.41. The van der Waals surface area contributed by atoms with E-state index >= 15 is 0 Å². The van der Waals surface area contributed by atoms with Crippen LogP contribution in [0.2, 0.25) is 0 Å². The van der Waals surface area contributed by atoms with Crippen LogP contribution in [0, 0.1) is 5.82 Å². The highest BCUT2D eigenvalue weighted by Gasteiger charge is 2.07. The third-order valence-electron chi connectivity index (χ3n) is 4.17. The molecule has 4 N–H and O–H groups in total. The summed E-state index contributed by atoms with van der Waals surface area (Å²) in [6.45, 7) is 4.28. The summed E-state index contributed by atoms with van der Waals surface area (Å²) in [6.07, 6.45) is 4.09. The number of guanidine groups is 1. The van der Waals surface area contributed by atoms with Crippen LogP contribution >= 0.6 is 24.0 Å². The third-order valence-corrected chi connectivity index (χ3v) is 4.17. The van der Waals surface area contributed by atoms with Crippen molar-refractivity contribution in [2.75, 3.05) is 26.2 Å². The van der Waals surface area contributed by atoms with Gasteiger partial charge in [-0.15, -0.1) is 24.0 Å². The summed E-state index contributed by atoms with van der Waals surface area (Å²) in [5.41, 5.74) is 1.89. The van der Waals surface area contributed by atoms with Crippen LogP contribution in [-0.2, 0) is 6.42 Å². The molecule has 0 spiro atoms. The fourth-order valence-corrected chi connectivity index (χ4v) is 2.85. The van der Waals surface area contributed by atoms with Crippen molar-refractivity contribution in [3.63, 3.8) is 0 Å². The molecule has 156 valence electrons. The van der Waals surface area contributed by atoms with Crippen LogP contribution in [0.4, 0.5) is 4.39 Å². The smallest absolute Gasteiger partial charge is 0.287 e. The normalized spacial score (nSPS) is 11.2. The molecule has 0 atom stereocenters. The molecule has 0 saturated carbocycles. The molecule has 0 aliphatic heterocycles. The van der Waals surface area contributed by atoms with Crippen molar-refractivity contribution in [2.45, 2.75) is 13.3 Å². The molecule has 1 aromatic carbocycles. The second kappa shape index (κ2) is 11.4. The van der Waals surface area contributed by atoms with Crippen LogP contribution in [-0.4, -0.2) is 43.0 Å². The van der Waals surface area contributed by atoms with Crippen molar-refractivity contribution in [3.8, 4) is 0 Å². The second-order valence-electron chi connectivity index (χ2n) is 6.17. The average Bonchev–Trinajstić information content (AvgIpc) is 3.35. The molecule has 0 bridgehead atoms. The summed E-state index contributed by atoms with van der Waals surface area (Å²) < 4.78 is 18.3. The molecule has 9 heteroatoms. The number of nitrogens with zero attached hydrogens (tertiary/aromatic N) is 1. The summed E-state index contributed by atoms with van der Waals surface area (Å²) in [6, 6.07) is 8.03. The first-order chi connectivity index (χ1) is 13.7. The molecule has 0 unspecified atom stereocenters. The molecule has 3 rings (SSSR count). The number of aromatic amines is 1. The third kappa shape index (κ3) is 6.48. The van der Waals surface area contributed by atoms with Crippen LogP contribution in [0.5, 0.6) is 0 Å². The predicted molar refractivity (Wildman–Crippen MR) is 122 cm³/mol. The van der Waals surface area contributed by atoms with Gasteiger partial charge >= 0.3 is 0 Å². The SMILES string of the molecule is CCNC(=NCCc1c[nH]c2cc(F)ccc12)NCCNC(=O)c1ccco1.I. The van der Waals surface area contributed by atoms with E-state index in [2.05, 4.69) is 25.9 Å². The van der Waals surface area contributed by atoms with Crippen LogP contribution in [0.3, 0.4) is 0 Å². The summed E-state index contributed by atoms with van der Waals surface area (Å²) in [5, 5.41) is 10.1. The van der Waals surface area contributed by atoms with Crippen molar-refractivity contribution >= 4 is 46.7 Å². The molecule has 1 amide bonds. The Morgan fingerprint density at radius 1 is 1.21 bits per heavy atom. The van der Waals surface area contributed by atoms with Gasteiger partial charge in [0.1, 0.15) is 5.82 Å². The lowest BCUT2D eigenvalue weighted by molar-refractivity contribution is 0.0926. The van der Waals surface area contributed by atoms with Gasteiger partial charge < -0.3 is 25.4 Å². The molecule has 0 radical (unpaired) electrons. The van der Waals surface area contributed by atoms with Crippen molar-refractivity contribution in [3.05, 3.63) is 59.9 Å². The highest BCUT2D eigenvalue weighted by Crippen LogP contribution is 2.19. The second-order valence-corrected chi connectivity index (χ2v) is 6.17. The van der Waals surface area contributed by atoms with E-state index in [1.807, 2.05) is 13.1 Å². The minimum atomic E-state index is -0.253. The van der Waals surface area contributed by atoms with E-state index in [9.17, 15) is 9.18 Å². The zero-order valence-electron chi connectivity index (χ0n) is 16.1. The molecule has 2 aromatic heterocycles. The van der Waals surface area contributed by atoms with Crippen molar-refractivity contribution in [1.29, 1.82) is 0 Å². The molecule has 0 aliphatic carbocycles. The van der Waals surface area contributed by atoms with E-state index in [-0.39, 0.29) is 35.7 Å². The number of amides is 1. The topological polar surface area (TPSA) is 94.5 Å². The first-order valence-electron chi connectivity index (χ1n) is 9.26. The number of carbonyl (C=O) groups excluding carboxylic acids is 1. The van der Waals surface area contributed by atoms with E-state index in [1.165, 1.54) is 18.4 Å². The summed E-state index contributed by atoms with van der Waals surface area (Å²) >= 11 is 0. The van der Waals surface area contributed by atoms with E-state index in [1.54, 1.807) is 18.2 Å². The Morgan fingerprint density at radius 2 is 2.03 bits per heavy atom. The molecule has 2 heterocycles. The Labute approximate surface area is 185 Å². The summed E-state index contributed by atoms with van der Waals surface area (Å²) in [7, 11) is 0. The van der Waals surface area contributed by atoms with Crippen LogP contribution in [0.15, 0.2) is 52.2 Å². The largest absolute Gasteiger partial charge is 0.459 e. The number of furan rings is 1. The van der Waals surface area contributed by atoms with E-state index in [0.717, 1.165) is 29.4 Å². The summed E-state index contributed by atoms with van der Waals surface area (Å²) in [5.74, 6) is 0.473. The van der Waals surface area contributed by atoms with Gasteiger partial charge in [0.2, 0.25) is 0 Å². The molecule has 0 aliphatic rings. The Morgan fingerprint density at radius 3 is 2.79 bits per heavy atom. The number of aromatic nitrogens is 1. The Bertz CT molecular complexity index is 940. The number of aliphatic imine (C=N–C) groups is 1. The van der Waals surface area contributed by atoms with Gasteiger partial charge in [0, 0.05) is 43.3 Å². The fraction of sp³-hybridized carbons (Fsp3) is 0.300. The van der Waals surface area contributed by atoms with Gasteiger partial charge in [0.25, 0.3) is 5.91 Å². The van der Waals surface area contributed by atoms with Crippen molar-refractivity contribution in [2.24, 2.45) is 4.99 Å². The molecular weight excluding hydrogens is 488 g/mol. The maximum Gasteiger partial charge on any atom is 0.287 e. The Hall–Kier alpha value is -2.56. The van der Waals surface area contributed by atoms with E-state index in [4.69, 9.17) is 4.42 Å². The highest BCUT2D eigenvalue weighted by atomic mass is 127. The lowest BCUT2D eigenvalue weighted by atomic mass is 10.1. The van der Waals surface area contributed by atoms with Crippen LogP contribution < -0.4 is 16.0 Å². The molecule has 29 heavy (non-hydrogen) atoms. The standard InChI is InChI=1S/C20H24FN5O2.HI/c1-2-22-20(25-10-9-23-19(27)18-4-3-11-28-18)24-8-7-14-13-26-17-12-15(21)5-6-16(14)17;/h3-6,11-13,26H,2,7-10H2,1H3,(H,23,27)(H2,22,24,25);1H. The van der Waals surface area contributed by atoms with Gasteiger partial charge in [-0.25, -0.2) is 4.39 Å². The number of carbonyl (C=O) groups is 1. The number of rotatable bonds is 8. The van der Waals surface area contributed by atoms with Gasteiger partial charge in [-0.3, -0.25) is 9.79 Å². The fourth-order valence-electron chi connectivity index (χ4n) is 2.85. The molecule has 3 aromatic rings. The number of benzene rings is 1. The minimum Gasteiger partial charge on any atom is -0.459 e. The van der Waals surface area contributed by atoms with Crippen molar-refractivity contribution < 1.29 is 13.6 Å². The number of halogens is 2. The zero-order chi connectivity index (χ0) is 19.8. The average molecular weight is 513 g/mol. The molecule has 7 nitrogen and oxygen atoms in total. The number of nitrogens with one attached hydrogen (secondary N) is 4. The van der Waals surface area contributed by atoms with E-state index < -0.39 is 0 Å². The Balaban J connectivity index is 0.00000300. The number of H-pyrrole nitrogens is 1. The maximum atomic E-state index is 13.3. The van der Waals surface area contributed by atoms with Crippen LogP contribution in [0.25, 0.3) is 10.9 Å². The number of hydrogen-bond acceptors (Lipinski definition) is 3. The van der Waals surface area contributed by atoms with Gasteiger partial charge in [0.05, 0.1) is 6.26 Å².